The molecule has 0 saturated heterocycles. The first-order valence-electron chi connectivity index (χ1n) is 6.22. The standard InChI is InChI=1S/C12H19N3O4/c1-19-9-8-15(7-3-6-13)11(18)14-12(10(16)17)4-2-5-12/h2-5,7-9H2,1H3,(H,14,18)(H,16,17). The molecule has 0 aromatic rings. The predicted molar refractivity (Wildman–Crippen MR) is 66.4 cm³/mol. The van der Waals surface area contributed by atoms with E-state index in [0.717, 1.165) is 6.42 Å². The van der Waals surface area contributed by atoms with Crippen LogP contribution in [0.1, 0.15) is 25.7 Å². The SMILES string of the molecule is COCCN(CCC#N)C(=O)NC1(C(=O)O)CCC1. The van der Waals surface area contributed by atoms with Crippen LogP contribution in [0.4, 0.5) is 4.79 Å². The van der Waals surface area contributed by atoms with Crippen LogP contribution in [0.25, 0.3) is 0 Å². The predicted octanol–water partition coefficient (Wildman–Crippen LogP) is 0.565. The molecule has 0 spiro atoms. The van der Waals surface area contributed by atoms with E-state index in [1.54, 1.807) is 0 Å². The largest absolute Gasteiger partial charge is 0.480 e. The molecule has 1 aliphatic carbocycles. The second-order valence-electron chi connectivity index (χ2n) is 4.56. The van der Waals surface area contributed by atoms with Gasteiger partial charge in [0.1, 0.15) is 5.54 Å². The fourth-order valence-electron chi connectivity index (χ4n) is 1.91. The molecular formula is C12H19N3O4. The fraction of sp³-hybridized carbons (Fsp3) is 0.750. The van der Waals surface area contributed by atoms with E-state index in [0.29, 0.717) is 26.0 Å². The molecule has 0 heterocycles. The Kier molecular flexibility index (Phi) is 5.57. The molecule has 0 aromatic heterocycles. The molecule has 0 unspecified atom stereocenters. The topological polar surface area (TPSA) is 103 Å². The van der Waals surface area contributed by atoms with E-state index in [9.17, 15) is 9.59 Å². The molecule has 19 heavy (non-hydrogen) atoms. The van der Waals surface area contributed by atoms with Crippen molar-refractivity contribution in [2.45, 2.75) is 31.2 Å². The zero-order chi connectivity index (χ0) is 14.3. The lowest BCUT2D eigenvalue weighted by Crippen LogP contribution is -2.62. The number of nitrogens with one attached hydrogen (secondary N) is 1. The fourth-order valence-corrected chi connectivity index (χ4v) is 1.91. The van der Waals surface area contributed by atoms with Crippen LogP contribution in [0.2, 0.25) is 0 Å². The van der Waals surface area contributed by atoms with Gasteiger partial charge < -0.3 is 20.1 Å². The summed E-state index contributed by atoms with van der Waals surface area (Å²) >= 11 is 0. The van der Waals surface area contributed by atoms with Crippen LogP contribution in [-0.2, 0) is 9.53 Å². The van der Waals surface area contributed by atoms with E-state index in [2.05, 4.69) is 5.32 Å². The maximum Gasteiger partial charge on any atom is 0.329 e. The molecule has 0 atom stereocenters. The number of urea groups is 1. The van der Waals surface area contributed by atoms with Gasteiger partial charge >= 0.3 is 12.0 Å². The zero-order valence-corrected chi connectivity index (χ0v) is 11.0. The molecule has 0 radical (unpaired) electrons. The number of rotatable bonds is 7. The van der Waals surface area contributed by atoms with E-state index >= 15 is 0 Å². The summed E-state index contributed by atoms with van der Waals surface area (Å²) in [6.07, 6.45) is 1.90. The van der Waals surface area contributed by atoms with E-state index in [1.807, 2.05) is 6.07 Å². The third kappa shape index (κ3) is 3.83. The van der Waals surface area contributed by atoms with Gasteiger partial charge in [-0.1, -0.05) is 0 Å². The van der Waals surface area contributed by atoms with Crippen molar-refractivity contribution in [3.05, 3.63) is 0 Å². The number of methoxy groups -OCH3 is 1. The molecule has 1 saturated carbocycles. The van der Waals surface area contributed by atoms with E-state index in [1.165, 1.54) is 12.0 Å². The Labute approximate surface area is 112 Å². The minimum Gasteiger partial charge on any atom is -0.480 e. The van der Waals surface area contributed by atoms with Crippen LogP contribution in [0.3, 0.4) is 0 Å². The van der Waals surface area contributed by atoms with Gasteiger partial charge in [0.05, 0.1) is 19.1 Å². The summed E-state index contributed by atoms with van der Waals surface area (Å²) < 4.78 is 4.90. The van der Waals surface area contributed by atoms with Crippen molar-refractivity contribution >= 4 is 12.0 Å². The summed E-state index contributed by atoms with van der Waals surface area (Å²) in [7, 11) is 1.52. The average Bonchev–Trinajstić information content (AvgIpc) is 2.33. The van der Waals surface area contributed by atoms with Crippen LogP contribution < -0.4 is 5.32 Å². The summed E-state index contributed by atoms with van der Waals surface area (Å²) in [6.45, 7) is 0.944. The Bertz CT molecular complexity index is 374. The number of nitriles is 1. The molecule has 1 rings (SSSR count). The van der Waals surface area contributed by atoms with Gasteiger partial charge in [0.2, 0.25) is 0 Å². The van der Waals surface area contributed by atoms with Crippen LogP contribution in [-0.4, -0.2) is 54.4 Å². The van der Waals surface area contributed by atoms with Crippen molar-refractivity contribution in [3.8, 4) is 6.07 Å². The number of carboxylic acid groups (broad SMARTS) is 1. The average molecular weight is 269 g/mol. The highest BCUT2D eigenvalue weighted by Gasteiger charge is 2.46. The Morgan fingerprint density at radius 2 is 2.16 bits per heavy atom. The molecule has 0 aliphatic heterocycles. The quantitative estimate of drug-likeness (QED) is 0.703. The molecule has 2 N–H and O–H groups in total. The summed E-state index contributed by atoms with van der Waals surface area (Å²) in [5.74, 6) is -1.00. The molecule has 106 valence electrons. The lowest BCUT2D eigenvalue weighted by atomic mass is 9.77. The van der Waals surface area contributed by atoms with E-state index in [-0.39, 0.29) is 13.0 Å². The summed E-state index contributed by atoms with van der Waals surface area (Å²) in [5, 5.41) is 20.3. The lowest BCUT2D eigenvalue weighted by molar-refractivity contribution is -0.148. The Hall–Kier alpha value is -1.81. The molecule has 1 aliphatic rings. The van der Waals surface area contributed by atoms with Gasteiger partial charge in [0.25, 0.3) is 0 Å². The molecule has 0 bridgehead atoms. The monoisotopic (exact) mass is 269 g/mol. The Balaban J connectivity index is 2.60. The van der Waals surface area contributed by atoms with Crippen molar-refractivity contribution in [3.63, 3.8) is 0 Å². The summed E-state index contributed by atoms with van der Waals surface area (Å²) in [4.78, 5) is 24.6. The minimum atomic E-state index is -1.13. The van der Waals surface area contributed by atoms with Crippen molar-refractivity contribution in [1.29, 1.82) is 5.26 Å². The van der Waals surface area contributed by atoms with E-state index in [4.69, 9.17) is 15.1 Å². The highest BCUT2D eigenvalue weighted by molar-refractivity contribution is 5.87. The Morgan fingerprint density at radius 3 is 2.58 bits per heavy atom. The molecule has 7 heteroatoms. The third-order valence-corrected chi connectivity index (χ3v) is 3.31. The van der Waals surface area contributed by atoms with Gasteiger partial charge in [-0.2, -0.15) is 5.26 Å². The Morgan fingerprint density at radius 1 is 1.47 bits per heavy atom. The van der Waals surface area contributed by atoms with Crippen molar-refractivity contribution < 1.29 is 19.4 Å². The van der Waals surface area contributed by atoms with Gasteiger partial charge in [-0.25, -0.2) is 9.59 Å². The number of aliphatic carboxylic acids is 1. The number of ether oxygens (including phenoxy) is 1. The normalized spacial score (nSPS) is 16.0. The van der Waals surface area contributed by atoms with Crippen LogP contribution in [0.15, 0.2) is 0 Å². The first-order valence-corrected chi connectivity index (χ1v) is 6.22. The minimum absolute atomic E-state index is 0.206. The number of hydrogen-bond donors (Lipinski definition) is 2. The van der Waals surface area contributed by atoms with Crippen LogP contribution >= 0.6 is 0 Å². The number of carbonyl (C=O) groups is 2. The zero-order valence-electron chi connectivity index (χ0n) is 11.0. The highest BCUT2D eigenvalue weighted by Crippen LogP contribution is 2.32. The van der Waals surface area contributed by atoms with Crippen molar-refractivity contribution in [2.75, 3.05) is 26.8 Å². The highest BCUT2D eigenvalue weighted by atomic mass is 16.5. The van der Waals surface area contributed by atoms with Gasteiger partial charge in [-0.15, -0.1) is 0 Å². The number of carbonyl (C=O) groups excluding carboxylic acids is 1. The maximum absolute atomic E-state index is 12.1. The number of carboxylic acids is 1. The molecule has 1 fully saturated rings. The summed E-state index contributed by atoms with van der Waals surface area (Å²) in [5.41, 5.74) is -1.13. The number of nitrogens with zero attached hydrogens (tertiary/aromatic N) is 2. The second kappa shape index (κ2) is 6.95. The maximum atomic E-state index is 12.1. The van der Waals surface area contributed by atoms with Gasteiger partial charge in [-0.05, 0) is 19.3 Å². The molecule has 2 amide bonds. The first kappa shape index (κ1) is 15.2. The van der Waals surface area contributed by atoms with Crippen LogP contribution in [0, 0.1) is 11.3 Å². The van der Waals surface area contributed by atoms with Gasteiger partial charge in [0.15, 0.2) is 0 Å². The van der Waals surface area contributed by atoms with Crippen molar-refractivity contribution in [2.24, 2.45) is 0 Å². The third-order valence-electron chi connectivity index (χ3n) is 3.31. The number of hydrogen-bond acceptors (Lipinski definition) is 4. The smallest absolute Gasteiger partial charge is 0.329 e. The lowest BCUT2D eigenvalue weighted by Gasteiger charge is -2.39. The van der Waals surface area contributed by atoms with E-state index < -0.39 is 17.5 Å². The molecule has 0 aromatic carbocycles. The van der Waals surface area contributed by atoms with Crippen molar-refractivity contribution in [1.82, 2.24) is 10.2 Å². The molecule has 7 nitrogen and oxygen atoms in total. The molecular weight excluding hydrogens is 250 g/mol. The second-order valence-corrected chi connectivity index (χ2v) is 4.56. The van der Waals surface area contributed by atoms with Gasteiger partial charge in [-0.3, -0.25) is 0 Å². The van der Waals surface area contributed by atoms with Crippen LogP contribution in [0.5, 0.6) is 0 Å². The number of amides is 2. The first-order chi connectivity index (χ1) is 9.05. The summed E-state index contributed by atoms with van der Waals surface area (Å²) in [6, 6.07) is 1.51. The van der Waals surface area contributed by atoms with Gasteiger partial charge in [0, 0.05) is 20.2 Å².